The monoisotopic (exact) mass is 399 g/mol. The molecule has 1 aliphatic carbocycles. The first kappa shape index (κ1) is 14.0. The van der Waals surface area contributed by atoms with E-state index in [2.05, 4.69) is 68.2 Å². The molecule has 1 aromatic carbocycles. The summed E-state index contributed by atoms with van der Waals surface area (Å²) in [6.07, 6.45) is 3.69. The summed E-state index contributed by atoms with van der Waals surface area (Å²) in [5.41, 5.74) is 2.73. The molecule has 1 nitrogen and oxygen atoms in total. The van der Waals surface area contributed by atoms with Crippen molar-refractivity contribution in [1.82, 2.24) is 5.32 Å². The Morgan fingerprint density at radius 3 is 2.74 bits per heavy atom. The van der Waals surface area contributed by atoms with E-state index in [1.807, 2.05) is 0 Å². The lowest BCUT2D eigenvalue weighted by Gasteiger charge is -2.30. The van der Waals surface area contributed by atoms with Crippen molar-refractivity contribution < 1.29 is 0 Å². The van der Waals surface area contributed by atoms with Crippen LogP contribution < -0.4 is 5.32 Å². The minimum atomic E-state index is 0.449. The summed E-state index contributed by atoms with van der Waals surface area (Å²) >= 11 is 9.17. The molecule has 0 saturated carbocycles. The highest BCUT2D eigenvalue weighted by atomic mass is 79.9. The van der Waals surface area contributed by atoms with Crippen molar-refractivity contribution in [3.63, 3.8) is 0 Å². The fourth-order valence-corrected chi connectivity index (χ4v) is 5.56. The number of halogens is 2. The second-order valence-corrected chi connectivity index (χ2v) is 7.53. The summed E-state index contributed by atoms with van der Waals surface area (Å²) in [7, 11) is 0. The first-order chi connectivity index (χ1) is 9.22. The van der Waals surface area contributed by atoms with Crippen LogP contribution in [0.15, 0.2) is 37.7 Å². The van der Waals surface area contributed by atoms with Gasteiger partial charge in [-0.3, -0.25) is 0 Å². The SMILES string of the molecule is CCC1CCC(c2c(Br)cccc2Br)C2=C1S[C]N2. The van der Waals surface area contributed by atoms with Gasteiger partial charge in [-0.25, -0.2) is 0 Å². The van der Waals surface area contributed by atoms with Crippen LogP contribution in [0.25, 0.3) is 0 Å². The molecule has 0 saturated heterocycles. The number of benzene rings is 1. The zero-order chi connectivity index (χ0) is 13.4. The highest BCUT2D eigenvalue weighted by Crippen LogP contribution is 2.50. The largest absolute Gasteiger partial charge is 0.367 e. The van der Waals surface area contributed by atoms with Crippen LogP contribution in [0.3, 0.4) is 0 Å². The fraction of sp³-hybridized carbons (Fsp3) is 0.400. The molecule has 100 valence electrons. The smallest absolute Gasteiger partial charge is 0.161 e. The van der Waals surface area contributed by atoms with Gasteiger partial charge < -0.3 is 5.32 Å². The molecule has 0 aromatic heterocycles. The van der Waals surface area contributed by atoms with Gasteiger partial charge in [0, 0.05) is 25.5 Å². The Morgan fingerprint density at radius 1 is 1.32 bits per heavy atom. The van der Waals surface area contributed by atoms with E-state index in [-0.39, 0.29) is 0 Å². The maximum absolute atomic E-state index is 3.70. The minimum absolute atomic E-state index is 0.449. The Hall–Kier alpha value is 0.0700. The molecule has 0 amide bonds. The van der Waals surface area contributed by atoms with E-state index >= 15 is 0 Å². The third kappa shape index (κ3) is 2.52. The van der Waals surface area contributed by atoms with E-state index in [0.29, 0.717) is 11.8 Å². The van der Waals surface area contributed by atoms with Crippen molar-refractivity contribution >= 4 is 43.6 Å². The average molecular weight is 401 g/mol. The molecule has 1 N–H and O–H groups in total. The molecule has 0 bridgehead atoms. The Kier molecular flexibility index (Phi) is 4.30. The Morgan fingerprint density at radius 2 is 2.05 bits per heavy atom. The second-order valence-electron chi connectivity index (χ2n) is 4.98. The Bertz CT molecular complexity index is 507. The lowest BCUT2D eigenvalue weighted by Crippen LogP contribution is -2.21. The van der Waals surface area contributed by atoms with E-state index in [1.54, 1.807) is 11.8 Å². The van der Waals surface area contributed by atoms with Crippen LogP contribution >= 0.6 is 43.6 Å². The number of hydrogen-bond donors (Lipinski definition) is 1. The van der Waals surface area contributed by atoms with E-state index in [9.17, 15) is 0 Å². The third-order valence-electron chi connectivity index (χ3n) is 3.98. The zero-order valence-corrected chi connectivity index (χ0v) is 14.7. The molecule has 1 aliphatic heterocycles. The first-order valence-electron chi connectivity index (χ1n) is 6.58. The molecule has 2 radical (unpaired) electrons. The van der Waals surface area contributed by atoms with Gasteiger partial charge in [-0.05, 0) is 42.9 Å². The Labute approximate surface area is 135 Å². The summed E-state index contributed by atoms with van der Waals surface area (Å²) < 4.78 is 2.37. The molecule has 1 heterocycles. The predicted molar refractivity (Wildman–Crippen MR) is 88.6 cm³/mol. The van der Waals surface area contributed by atoms with Crippen molar-refractivity contribution in [1.29, 1.82) is 0 Å². The van der Waals surface area contributed by atoms with Gasteiger partial charge in [-0.15, -0.1) is 0 Å². The Balaban J connectivity index is 2.04. The lowest BCUT2D eigenvalue weighted by molar-refractivity contribution is 0.467. The quantitative estimate of drug-likeness (QED) is 0.687. The molecule has 0 fully saturated rings. The van der Waals surface area contributed by atoms with Gasteiger partial charge in [0.15, 0.2) is 5.88 Å². The van der Waals surface area contributed by atoms with Gasteiger partial charge in [-0.1, -0.05) is 56.6 Å². The van der Waals surface area contributed by atoms with Crippen molar-refractivity contribution in [3.05, 3.63) is 49.2 Å². The van der Waals surface area contributed by atoms with Crippen LogP contribution in [0.4, 0.5) is 0 Å². The van der Waals surface area contributed by atoms with Crippen molar-refractivity contribution in [2.24, 2.45) is 5.92 Å². The number of rotatable bonds is 2. The molecular weight excluding hydrogens is 386 g/mol. The molecule has 19 heavy (non-hydrogen) atoms. The number of allylic oxidation sites excluding steroid dienone is 2. The van der Waals surface area contributed by atoms with Gasteiger partial charge in [0.05, 0.1) is 0 Å². The molecule has 0 spiro atoms. The first-order valence-corrected chi connectivity index (χ1v) is 8.98. The van der Waals surface area contributed by atoms with Crippen LogP contribution in [0.5, 0.6) is 0 Å². The van der Waals surface area contributed by atoms with Gasteiger partial charge in [0.2, 0.25) is 0 Å². The third-order valence-corrected chi connectivity index (χ3v) is 6.34. The molecule has 2 atom stereocenters. The van der Waals surface area contributed by atoms with Crippen molar-refractivity contribution in [2.45, 2.75) is 32.1 Å². The van der Waals surface area contributed by atoms with Crippen LogP contribution in [0.2, 0.25) is 0 Å². The minimum Gasteiger partial charge on any atom is -0.367 e. The molecule has 1 aromatic rings. The van der Waals surface area contributed by atoms with E-state index in [4.69, 9.17) is 0 Å². The normalized spacial score (nSPS) is 26.3. The maximum atomic E-state index is 3.70. The standard InChI is InChI=1S/C15H15Br2NS/c1-2-9-6-7-10(14-15(9)19-8-18-14)13-11(16)4-3-5-12(13)17/h3-5,9-10,18H,2,6-7H2,1H3. The maximum Gasteiger partial charge on any atom is 0.161 e. The van der Waals surface area contributed by atoms with Gasteiger partial charge in [-0.2, -0.15) is 0 Å². The molecule has 3 rings (SSSR count). The van der Waals surface area contributed by atoms with Crippen LogP contribution in [-0.2, 0) is 0 Å². The molecule has 2 aliphatic rings. The molecule has 4 heteroatoms. The summed E-state index contributed by atoms with van der Waals surface area (Å²) in [5, 5.41) is 3.38. The average Bonchev–Trinajstić information content (AvgIpc) is 2.88. The summed E-state index contributed by atoms with van der Waals surface area (Å²) in [5.74, 6) is 4.39. The number of thioether (sulfide) groups is 1. The van der Waals surface area contributed by atoms with Gasteiger partial charge in [0.25, 0.3) is 0 Å². The van der Waals surface area contributed by atoms with Crippen molar-refractivity contribution in [3.8, 4) is 0 Å². The van der Waals surface area contributed by atoms with Gasteiger partial charge >= 0.3 is 0 Å². The van der Waals surface area contributed by atoms with Crippen LogP contribution in [0, 0.1) is 11.8 Å². The lowest BCUT2D eigenvalue weighted by atomic mass is 9.80. The summed E-state index contributed by atoms with van der Waals surface area (Å²) in [6, 6.07) is 6.32. The number of hydrogen-bond acceptors (Lipinski definition) is 2. The van der Waals surface area contributed by atoms with E-state index in [0.717, 1.165) is 0 Å². The zero-order valence-electron chi connectivity index (χ0n) is 10.7. The van der Waals surface area contributed by atoms with Gasteiger partial charge in [0.1, 0.15) is 0 Å². The highest BCUT2D eigenvalue weighted by molar-refractivity contribution is 9.11. The van der Waals surface area contributed by atoms with E-state index < -0.39 is 0 Å². The fourth-order valence-electron chi connectivity index (χ4n) is 2.98. The van der Waals surface area contributed by atoms with Crippen LogP contribution in [0.1, 0.15) is 37.7 Å². The molecule has 2 unspecified atom stereocenters. The second kappa shape index (κ2) is 5.82. The summed E-state index contributed by atoms with van der Waals surface area (Å²) in [4.78, 5) is 1.50. The predicted octanol–water partition coefficient (Wildman–Crippen LogP) is 5.66. The van der Waals surface area contributed by atoms with Crippen molar-refractivity contribution in [2.75, 3.05) is 0 Å². The van der Waals surface area contributed by atoms with E-state index in [1.165, 1.54) is 44.4 Å². The summed E-state index contributed by atoms with van der Waals surface area (Å²) in [6.45, 7) is 2.28. The highest BCUT2D eigenvalue weighted by Gasteiger charge is 2.35. The van der Waals surface area contributed by atoms with Crippen LogP contribution in [-0.4, -0.2) is 0 Å². The molecular formula is C15H15Br2NS. The number of nitrogens with one attached hydrogen (secondary N) is 1. The topological polar surface area (TPSA) is 12.0 Å².